The van der Waals surface area contributed by atoms with Crippen molar-refractivity contribution in [2.24, 2.45) is 10.8 Å². The van der Waals surface area contributed by atoms with Gasteiger partial charge in [-0.25, -0.2) is 0 Å². The van der Waals surface area contributed by atoms with Gasteiger partial charge in [0.2, 0.25) is 5.96 Å². The van der Waals surface area contributed by atoms with Crippen molar-refractivity contribution in [3.8, 4) is 0 Å². The predicted molar refractivity (Wildman–Crippen MR) is 76.7 cm³/mol. The highest BCUT2D eigenvalue weighted by molar-refractivity contribution is 5.82. The number of rotatable bonds is 5. The molecule has 0 aromatic heterocycles. The van der Waals surface area contributed by atoms with E-state index in [0.29, 0.717) is 0 Å². The van der Waals surface area contributed by atoms with Crippen LogP contribution in [0.3, 0.4) is 0 Å². The van der Waals surface area contributed by atoms with Crippen molar-refractivity contribution in [2.45, 2.75) is 19.4 Å². The minimum absolute atomic E-state index is 0.0238. The van der Waals surface area contributed by atoms with Gasteiger partial charge in [0.25, 0.3) is 0 Å². The average Bonchev–Trinajstić information content (AvgIpc) is 2.97. The number of ether oxygens (including phenoxy) is 1. The molecular weight excluding hydrogens is 256 g/mol. The Labute approximate surface area is 118 Å². The lowest BCUT2D eigenvalue weighted by atomic mass is 10.2. The molecule has 2 rings (SSSR count). The molecule has 108 valence electrons. The molecule has 1 aromatic rings. The summed E-state index contributed by atoms with van der Waals surface area (Å²) in [6.45, 7) is 2.13. The zero-order chi connectivity index (χ0) is 14.2. The van der Waals surface area contributed by atoms with Crippen LogP contribution in [-0.2, 0) is 16.1 Å². The first-order valence-electron chi connectivity index (χ1n) is 6.76. The van der Waals surface area contributed by atoms with Gasteiger partial charge < -0.3 is 15.8 Å². The van der Waals surface area contributed by atoms with Gasteiger partial charge in [-0.3, -0.25) is 9.80 Å². The molecule has 0 radical (unpaired) electrons. The Hall–Kier alpha value is -2.24. The molecule has 0 spiro atoms. The molecule has 1 aliphatic rings. The summed E-state index contributed by atoms with van der Waals surface area (Å²) in [5.74, 6) is -0.100. The minimum atomic E-state index is -0.353. The van der Waals surface area contributed by atoms with E-state index in [4.69, 9.17) is 10.5 Å². The maximum absolute atomic E-state index is 11.5. The number of nitrogens with two attached hydrogens (primary N) is 1. The number of nitrogens with one attached hydrogen (secondary N) is 1. The molecule has 6 nitrogen and oxygen atoms in total. The Bertz CT molecular complexity index is 456. The van der Waals surface area contributed by atoms with Crippen LogP contribution in [0, 0.1) is 0 Å². The molecule has 0 unspecified atom stereocenters. The van der Waals surface area contributed by atoms with Crippen LogP contribution in [0.4, 0.5) is 0 Å². The lowest BCUT2D eigenvalue weighted by Crippen LogP contribution is -2.38. The van der Waals surface area contributed by atoms with E-state index in [0.717, 1.165) is 31.5 Å². The molecule has 1 fully saturated rings. The molecule has 3 N–H and O–H groups in total. The fourth-order valence-electron chi connectivity index (χ4n) is 1.94. The summed E-state index contributed by atoms with van der Waals surface area (Å²) in [5.41, 5.74) is 6.66. The third-order valence-corrected chi connectivity index (χ3v) is 2.99. The molecule has 1 aliphatic heterocycles. The van der Waals surface area contributed by atoms with Crippen LogP contribution >= 0.6 is 0 Å². The van der Waals surface area contributed by atoms with E-state index in [1.807, 2.05) is 35.3 Å². The zero-order valence-corrected chi connectivity index (χ0v) is 11.4. The van der Waals surface area contributed by atoms with Gasteiger partial charge >= 0.3 is 5.97 Å². The van der Waals surface area contributed by atoms with Crippen molar-refractivity contribution in [3.63, 3.8) is 0 Å². The van der Waals surface area contributed by atoms with Gasteiger partial charge in [-0.05, 0) is 18.4 Å². The van der Waals surface area contributed by atoms with Gasteiger partial charge in [0.05, 0.1) is 0 Å². The maximum atomic E-state index is 11.5. The Morgan fingerprint density at radius 3 is 2.70 bits per heavy atom. The number of guanidine groups is 1. The third-order valence-electron chi connectivity index (χ3n) is 2.99. The molecular formula is C14H20N4O2. The topological polar surface area (TPSA) is 80.0 Å². The van der Waals surface area contributed by atoms with Crippen molar-refractivity contribution >= 4 is 11.9 Å². The van der Waals surface area contributed by atoms with Crippen molar-refractivity contribution < 1.29 is 9.53 Å². The summed E-state index contributed by atoms with van der Waals surface area (Å²) in [6, 6.07) is 9.54. The van der Waals surface area contributed by atoms with Crippen molar-refractivity contribution in [1.82, 2.24) is 10.3 Å². The number of carbonyl (C=O) groups excluding carboxylic acids is 1. The second kappa shape index (κ2) is 7.37. The van der Waals surface area contributed by atoms with Crippen molar-refractivity contribution in [3.05, 3.63) is 35.9 Å². The molecule has 0 saturated carbocycles. The van der Waals surface area contributed by atoms with E-state index < -0.39 is 0 Å². The summed E-state index contributed by atoms with van der Waals surface area (Å²) in [4.78, 5) is 11.5. The minimum Gasteiger partial charge on any atom is -0.460 e. The lowest BCUT2D eigenvalue weighted by Gasteiger charge is -2.12. The normalized spacial score (nSPS) is 15.2. The summed E-state index contributed by atoms with van der Waals surface area (Å²) < 4.78 is 5.12. The Morgan fingerprint density at radius 1 is 1.30 bits per heavy atom. The lowest BCUT2D eigenvalue weighted by molar-refractivity contribution is -0.143. The molecule has 20 heavy (non-hydrogen) atoms. The number of hydrazone groups is 1. The fraction of sp³-hybridized carbons (Fsp3) is 0.429. The monoisotopic (exact) mass is 276 g/mol. The highest BCUT2D eigenvalue weighted by Gasteiger charge is 2.10. The van der Waals surface area contributed by atoms with Crippen LogP contribution < -0.4 is 11.1 Å². The molecule has 1 heterocycles. The fourth-order valence-corrected chi connectivity index (χ4v) is 1.94. The Morgan fingerprint density at radius 2 is 2.00 bits per heavy atom. The molecule has 0 atom stereocenters. The van der Waals surface area contributed by atoms with E-state index in [2.05, 4.69) is 10.4 Å². The molecule has 6 heteroatoms. The van der Waals surface area contributed by atoms with Gasteiger partial charge in [0.1, 0.15) is 13.2 Å². The average molecular weight is 276 g/mol. The van der Waals surface area contributed by atoms with Crippen LogP contribution in [-0.4, -0.2) is 36.6 Å². The van der Waals surface area contributed by atoms with E-state index >= 15 is 0 Å². The smallest absolute Gasteiger partial charge is 0.325 e. The summed E-state index contributed by atoms with van der Waals surface area (Å²) in [6.07, 6.45) is 2.27. The van der Waals surface area contributed by atoms with E-state index in [1.165, 1.54) is 0 Å². The predicted octanol–water partition coefficient (Wildman–Crippen LogP) is 0.645. The summed E-state index contributed by atoms with van der Waals surface area (Å²) in [5, 5.41) is 8.83. The Balaban J connectivity index is 1.67. The van der Waals surface area contributed by atoms with Crippen molar-refractivity contribution in [2.75, 3.05) is 19.6 Å². The van der Waals surface area contributed by atoms with Crippen LogP contribution in [0.1, 0.15) is 18.4 Å². The zero-order valence-electron chi connectivity index (χ0n) is 11.4. The molecule has 1 aromatic carbocycles. The van der Waals surface area contributed by atoms with Gasteiger partial charge in [0, 0.05) is 13.1 Å². The maximum Gasteiger partial charge on any atom is 0.325 e. The van der Waals surface area contributed by atoms with Crippen LogP contribution in [0.5, 0.6) is 0 Å². The van der Waals surface area contributed by atoms with Crippen molar-refractivity contribution in [1.29, 1.82) is 0 Å². The van der Waals surface area contributed by atoms with Gasteiger partial charge in [0.15, 0.2) is 0 Å². The first kappa shape index (κ1) is 14.2. The summed E-state index contributed by atoms with van der Waals surface area (Å²) in [7, 11) is 0. The highest BCUT2D eigenvalue weighted by atomic mass is 16.5. The number of esters is 1. The van der Waals surface area contributed by atoms with Crippen LogP contribution in [0.15, 0.2) is 35.4 Å². The van der Waals surface area contributed by atoms with Gasteiger partial charge in [-0.1, -0.05) is 30.3 Å². The first-order valence-corrected chi connectivity index (χ1v) is 6.76. The highest BCUT2D eigenvalue weighted by Crippen LogP contribution is 2.06. The van der Waals surface area contributed by atoms with E-state index in [9.17, 15) is 4.79 Å². The number of hydrogen-bond donors (Lipinski definition) is 2. The van der Waals surface area contributed by atoms with E-state index in [1.54, 1.807) is 0 Å². The number of carbonyl (C=O) groups is 1. The third kappa shape index (κ3) is 4.79. The number of nitrogens with zero attached hydrogens (tertiary/aromatic N) is 2. The van der Waals surface area contributed by atoms with Gasteiger partial charge in [-0.2, -0.15) is 0 Å². The molecule has 0 aliphatic carbocycles. The second-order valence-corrected chi connectivity index (χ2v) is 4.65. The first-order chi connectivity index (χ1) is 9.74. The van der Waals surface area contributed by atoms with Gasteiger partial charge in [-0.15, -0.1) is 5.10 Å². The molecule has 0 bridgehead atoms. The largest absolute Gasteiger partial charge is 0.460 e. The summed E-state index contributed by atoms with van der Waals surface area (Å²) >= 11 is 0. The standard InChI is InChI=1S/C14H20N4O2/c15-14(17-18-8-4-5-9-18)16-10-13(19)20-11-12-6-2-1-3-7-12/h1-3,6-7H,4-5,8-11H2,(H3,15,16,17). The molecule has 0 amide bonds. The second-order valence-electron chi connectivity index (χ2n) is 4.65. The SMILES string of the molecule is NC(=NN1CCCC1)NCC(=O)OCc1ccccc1. The van der Waals surface area contributed by atoms with E-state index in [-0.39, 0.29) is 25.1 Å². The van der Waals surface area contributed by atoms with Crippen LogP contribution in [0.2, 0.25) is 0 Å². The number of benzene rings is 1. The quantitative estimate of drug-likeness (QED) is 0.469. The molecule has 1 saturated heterocycles. The Kier molecular flexibility index (Phi) is 5.23. The van der Waals surface area contributed by atoms with Crippen LogP contribution in [0.25, 0.3) is 0 Å². The number of hydrogen-bond acceptors (Lipinski definition) is 4.